The molecule has 15 heavy (non-hydrogen) atoms. The van der Waals surface area contributed by atoms with Gasteiger partial charge in [0.1, 0.15) is 0 Å². The minimum absolute atomic E-state index is 0.0611. The Kier molecular flexibility index (Phi) is 2.32. The normalized spacial score (nSPS) is 10.7. The van der Waals surface area contributed by atoms with E-state index in [0.717, 1.165) is 6.42 Å². The van der Waals surface area contributed by atoms with Gasteiger partial charge >= 0.3 is 0 Å². The molecule has 0 saturated carbocycles. The highest BCUT2D eigenvalue weighted by molar-refractivity contribution is 5.81. The van der Waals surface area contributed by atoms with Gasteiger partial charge in [-0.2, -0.15) is 0 Å². The van der Waals surface area contributed by atoms with E-state index in [1.165, 1.54) is 12.3 Å². The van der Waals surface area contributed by atoms with Gasteiger partial charge in [-0.05, 0) is 6.42 Å². The van der Waals surface area contributed by atoms with E-state index in [4.69, 9.17) is 0 Å². The molecule has 0 spiro atoms. The third-order valence-corrected chi connectivity index (χ3v) is 2.15. The van der Waals surface area contributed by atoms with Crippen molar-refractivity contribution in [1.82, 2.24) is 14.5 Å². The van der Waals surface area contributed by atoms with Crippen LogP contribution < -0.4 is 0 Å². The molecule has 0 aromatic carbocycles. The largest absolute Gasteiger partial charge is 0.324 e. The van der Waals surface area contributed by atoms with E-state index in [2.05, 4.69) is 9.97 Å². The summed E-state index contributed by atoms with van der Waals surface area (Å²) in [5, 5.41) is 10.8. The van der Waals surface area contributed by atoms with Gasteiger partial charge in [0.2, 0.25) is 0 Å². The predicted molar refractivity (Wildman–Crippen MR) is 54.5 cm³/mol. The van der Waals surface area contributed by atoms with Gasteiger partial charge in [0.15, 0.2) is 11.2 Å². The highest BCUT2D eigenvalue weighted by Gasteiger charge is 2.16. The number of aromatic nitrogens is 3. The Balaban J connectivity index is 2.69. The van der Waals surface area contributed by atoms with Crippen LogP contribution >= 0.6 is 0 Å². The summed E-state index contributed by atoms with van der Waals surface area (Å²) in [7, 11) is 0. The molecule has 0 atom stereocenters. The van der Waals surface area contributed by atoms with E-state index in [-0.39, 0.29) is 5.69 Å². The SMILES string of the molecule is CCCn1cnc2nccc([N+](=O)[O-])c21. The molecule has 0 fully saturated rings. The summed E-state index contributed by atoms with van der Waals surface area (Å²) in [6, 6.07) is 1.40. The zero-order valence-electron chi connectivity index (χ0n) is 8.25. The molecule has 0 amide bonds. The first-order valence-corrected chi connectivity index (χ1v) is 4.68. The van der Waals surface area contributed by atoms with Crippen LogP contribution in [0.1, 0.15) is 13.3 Å². The lowest BCUT2D eigenvalue weighted by Gasteiger charge is -2.00. The second-order valence-electron chi connectivity index (χ2n) is 3.20. The van der Waals surface area contributed by atoms with Crippen LogP contribution in [0.4, 0.5) is 5.69 Å². The Bertz CT molecular complexity index is 506. The topological polar surface area (TPSA) is 73.8 Å². The van der Waals surface area contributed by atoms with Crippen molar-refractivity contribution in [2.24, 2.45) is 0 Å². The van der Waals surface area contributed by atoms with Gasteiger partial charge < -0.3 is 4.57 Å². The van der Waals surface area contributed by atoms with Gasteiger partial charge in [0, 0.05) is 18.8 Å². The molecule has 2 aromatic rings. The van der Waals surface area contributed by atoms with Gasteiger partial charge in [-0.1, -0.05) is 6.92 Å². The van der Waals surface area contributed by atoms with Crippen molar-refractivity contribution in [1.29, 1.82) is 0 Å². The fourth-order valence-corrected chi connectivity index (χ4v) is 1.54. The van der Waals surface area contributed by atoms with E-state index in [0.29, 0.717) is 17.7 Å². The highest BCUT2D eigenvalue weighted by Crippen LogP contribution is 2.22. The van der Waals surface area contributed by atoms with Crippen molar-refractivity contribution in [3.63, 3.8) is 0 Å². The van der Waals surface area contributed by atoms with Crippen LogP contribution in [0, 0.1) is 10.1 Å². The lowest BCUT2D eigenvalue weighted by molar-refractivity contribution is -0.383. The molecule has 2 rings (SSSR count). The van der Waals surface area contributed by atoms with E-state index in [1.807, 2.05) is 6.92 Å². The van der Waals surface area contributed by atoms with Gasteiger partial charge in [0.05, 0.1) is 11.3 Å². The standard InChI is InChI=1S/C9H10N4O2/c1-2-5-12-6-11-9-8(12)7(13(14)15)3-4-10-9/h3-4,6H,2,5H2,1H3. The fraction of sp³-hybridized carbons (Fsp3) is 0.333. The Morgan fingerprint density at radius 1 is 1.53 bits per heavy atom. The number of fused-ring (bicyclic) bond motifs is 1. The summed E-state index contributed by atoms with van der Waals surface area (Å²) in [4.78, 5) is 18.4. The molecule has 78 valence electrons. The third-order valence-electron chi connectivity index (χ3n) is 2.15. The summed E-state index contributed by atoms with van der Waals surface area (Å²) in [5.41, 5.74) is 0.993. The summed E-state index contributed by atoms with van der Waals surface area (Å²) in [5.74, 6) is 0. The summed E-state index contributed by atoms with van der Waals surface area (Å²) in [6.07, 6.45) is 3.90. The van der Waals surface area contributed by atoms with Crippen molar-refractivity contribution in [3.05, 3.63) is 28.7 Å². The maximum atomic E-state index is 10.8. The van der Waals surface area contributed by atoms with Crippen molar-refractivity contribution in [2.45, 2.75) is 19.9 Å². The van der Waals surface area contributed by atoms with Gasteiger partial charge in [-0.3, -0.25) is 10.1 Å². The number of rotatable bonds is 3. The van der Waals surface area contributed by atoms with Crippen LogP contribution in [-0.4, -0.2) is 19.5 Å². The molecule has 6 heteroatoms. The lowest BCUT2D eigenvalue weighted by atomic mass is 10.3. The number of hydrogen-bond donors (Lipinski definition) is 0. The minimum atomic E-state index is -0.405. The average Bonchev–Trinajstić information content (AvgIpc) is 2.62. The zero-order chi connectivity index (χ0) is 10.8. The Morgan fingerprint density at radius 2 is 2.33 bits per heavy atom. The van der Waals surface area contributed by atoms with E-state index < -0.39 is 4.92 Å². The summed E-state index contributed by atoms with van der Waals surface area (Å²) >= 11 is 0. The van der Waals surface area contributed by atoms with Crippen LogP contribution in [0.25, 0.3) is 11.2 Å². The summed E-state index contributed by atoms with van der Waals surface area (Å²) < 4.78 is 1.76. The monoisotopic (exact) mass is 206 g/mol. The molecule has 0 aliphatic rings. The quantitative estimate of drug-likeness (QED) is 0.566. The van der Waals surface area contributed by atoms with Crippen LogP contribution in [0.15, 0.2) is 18.6 Å². The molecule has 0 saturated heterocycles. The zero-order valence-corrected chi connectivity index (χ0v) is 8.25. The lowest BCUT2D eigenvalue weighted by Crippen LogP contribution is -1.98. The molecular formula is C9H10N4O2. The summed E-state index contributed by atoms with van der Waals surface area (Å²) in [6.45, 7) is 2.72. The van der Waals surface area contributed by atoms with E-state index in [1.54, 1.807) is 10.9 Å². The van der Waals surface area contributed by atoms with Crippen molar-refractivity contribution in [3.8, 4) is 0 Å². The molecule has 2 aromatic heterocycles. The van der Waals surface area contributed by atoms with Crippen molar-refractivity contribution >= 4 is 16.9 Å². The van der Waals surface area contributed by atoms with E-state index in [9.17, 15) is 10.1 Å². The maximum Gasteiger partial charge on any atom is 0.298 e. The first-order chi connectivity index (χ1) is 7.24. The van der Waals surface area contributed by atoms with Gasteiger partial charge in [-0.15, -0.1) is 0 Å². The number of pyridine rings is 1. The van der Waals surface area contributed by atoms with Crippen LogP contribution in [0.2, 0.25) is 0 Å². The smallest absolute Gasteiger partial charge is 0.298 e. The number of imidazole rings is 1. The molecule has 0 aliphatic heterocycles. The first kappa shape index (κ1) is 9.57. The average molecular weight is 206 g/mol. The highest BCUT2D eigenvalue weighted by atomic mass is 16.6. The van der Waals surface area contributed by atoms with Crippen molar-refractivity contribution < 1.29 is 4.92 Å². The second kappa shape index (κ2) is 3.64. The molecule has 0 unspecified atom stereocenters. The molecule has 0 N–H and O–H groups in total. The minimum Gasteiger partial charge on any atom is -0.324 e. The van der Waals surface area contributed by atoms with Gasteiger partial charge in [0.25, 0.3) is 5.69 Å². The number of hydrogen-bond acceptors (Lipinski definition) is 4. The van der Waals surface area contributed by atoms with Gasteiger partial charge in [-0.25, -0.2) is 9.97 Å². The first-order valence-electron chi connectivity index (χ1n) is 4.68. The Morgan fingerprint density at radius 3 is 3.00 bits per heavy atom. The van der Waals surface area contributed by atoms with Crippen LogP contribution in [-0.2, 0) is 6.54 Å². The number of nitro groups is 1. The van der Waals surface area contributed by atoms with E-state index >= 15 is 0 Å². The fourth-order valence-electron chi connectivity index (χ4n) is 1.54. The molecule has 0 radical (unpaired) electrons. The molecule has 6 nitrogen and oxygen atoms in total. The number of aryl methyl sites for hydroxylation is 1. The third kappa shape index (κ3) is 1.54. The predicted octanol–water partition coefficient (Wildman–Crippen LogP) is 1.75. The second-order valence-corrected chi connectivity index (χ2v) is 3.20. The molecule has 0 aliphatic carbocycles. The Hall–Kier alpha value is -1.98. The van der Waals surface area contributed by atoms with Crippen molar-refractivity contribution in [2.75, 3.05) is 0 Å². The van der Waals surface area contributed by atoms with Crippen LogP contribution in [0.5, 0.6) is 0 Å². The molecular weight excluding hydrogens is 196 g/mol. The molecule has 0 bridgehead atoms. The van der Waals surface area contributed by atoms with Crippen LogP contribution in [0.3, 0.4) is 0 Å². The number of nitrogens with zero attached hydrogens (tertiary/aromatic N) is 4. The molecule has 2 heterocycles. The Labute approximate surface area is 85.7 Å². The maximum absolute atomic E-state index is 10.8.